The van der Waals surface area contributed by atoms with E-state index in [0.29, 0.717) is 18.5 Å². The van der Waals surface area contributed by atoms with Crippen LogP contribution in [0.15, 0.2) is 18.5 Å². The Hall–Kier alpha value is -1.69. The van der Waals surface area contributed by atoms with Gasteiger partial charge >= 0.3 is 0 Å². The Morgan fingerprint density at radius 1 is 1.39 bits per heavy atom. The number of anilines is 1. The number of hydrogen-bond donors (Lipinski definition) is 1. The lowest BCUT2D eigenvalue weighted by Gasteiger charge is -2.41. The van der Waals surface area contributed by atoms with Crippen molar-refractivity contribution in [3.8, 4) is 0 Å². The number of aromatic nitrogens is 2. The summed E-state index contributed by atoms with van der Waals surface area (Å²) < 4.78 is 0. The van der Waals surface area contributed by atoms with E-state index in [4.69, 9.17) is 5.73 Å². The van der Waals surface area contributed by atoms with Crippen molar-refractivity contribution in [3.63, 3.8) is 0 Å². The van der Waals surface area contributed by atoms with Crippen molar-refractivity contribution >= 4 is 11.9 Å². The van der Waals surface area contributed by atoms with Gasteiger partial charge in [0.15, 0.2) is 0 Å². The summed E-state index contributed by atoms with van der Waals surface area (Å²) in [4.78, 5) is 24.1. The largest absolute Gasteiger partial charge is 0.368 e. The third kappa shape index (κ3) is 2.59. The molecule has 0 bridgehead atoms. The van der Waals surface area contributed by atoms with Gasteiger partial charge in [0.05, 0.1) is 0 Å². The smallest absolute Gasteiger partial charge is 0.241 e. The molecule has 1 aromatic rings. The van der Waals surface area contributed by atoms with Crippen molar-refractivity contribution < 1.29 is 4.79 Å². The minimum atomic E-state index is -0.358. The minimum Gasteiger partial charge on any atom is -0.368 e. The zero-order chi connectivity index (χ0) is 13.1. The predicted octanol–water partition coefficient (Wildman–Crippen LogP) is -0.139. The lowest BCUT2D eigenvalue weighted by atomic mass is 10.1. The molecule has 6 nitrogen and oxygen atoms in total. The zero-order valence-electron chi connectivity index (χ0n) is 10.8. The first kappa shape index (κ1) is 12.8. The highest BCUT2D eigenvalue weighted by molar-refractivity contribution is 5.83. The molecule has 18 heavy (non-hydrogen) atoms. The summed E-state index contributed by atoms with van der Waals surface area (Å²) in [7, 11) is 0. The molecule has 0 unspecified atom stereocenters. The van der Waals surface area contributed by atoms with E-state index in [0.717, 1.165) is 13.1 Å². The van der Waals surface area contributed by atoms with E-state index in [1.54, 1.807) is 18.5 Å². The lowest BCUT2D eigenvalue weighted by molar-refractivity contribution is -0.120. The summed E-state index contributed by atoms with van der Waals surface area (Å²) in [5.74, 6) is 0.248. The number of carbonyl (C=O) groups is 1. The summed E-state index contributed by atoms with van der Waals surface area (Å²) in [5, 5.41) is 0. The summed E-state index contributed by atoms with van der Waals surface area (Å²) in [5.41, 5.74) is 5.49. The van der Waals surface area contributed by atoms with E-state index in [1.807, 2.05) is 4.90 Å². The molecule has 2 N–H and O–H groups in total. The standard InChI is InChI=1S/C12H19N5O/c1-9(2)16-6-7-17(10(8-16)11(13)18)12-14-4-3-5-15-12/h3-5,9-10H,6-8H2,1-2H3,(H2,13,18)/t10-/m0/s1. The molecule has 0 aliphatic carbocycles. The highest BCUT2D eigenvalue weighted by Crippen LogP contribution is 2.17. The van der Waals surface area contributed by atoms with Crippen LogP contribution in [0.4, 0.5) is 5.95 Å². The van der Waals surface area contributed by atoms with Crippen LogP contribution < -0.4 is 10.6 Å². The number of primary amides is 1. The van der Waals surface area contributed by atoms with Gasteiger partial charge in [0.2, 0.25) is 11.9 Å². The van der Waals surface area contributed by atoms with Crippen molar-refractivity contribution in [1.82, 2.24) is 14.9 Å². The second kappa shape index (κ2) is 5.30. The fraction of sp³-hybridized carbons (Fsp3) is 0.583. The molecule has 2 rings (SSSR count). The fourth-order valence-corrected chi connectivity index (χ4v) is 2.20. The molecule has 1 aromatic heterocycles. The highest BCUT2D eigenvalue weighted by Gasteiger charge is 2.33. The molecular weight excluding hydrogens is 230 g/mol. The number of nitrogens with zero attached hydrogens (tertiary/aromatic N) is 4. The summed E-state index contributed by atoms with van der Waals surface area (Å²) in [6.07, 6.45) is 3.35. The molecule has 0 spiro atoms. The maximum absolute atomic E-state index is 11.6. The van der Waals surface area contributed by atoms with Crippen molar-refractivity contribution in [2.24, 2.45) is 5.73 Å². The minimum absolute atomic E-state index is 0.326. The number of rotatable bonds is 3. The van der Waals surface area contributed by atoms with Crippen LogP contribution >= 0.6 is 0 Å². The van der Waals surface area contributed by atoms with E-state index >= 15 is 0 Å². The van der Waals surface area contributed by atoms with E-state index in [9.17, 15) is 4.79 Å². The van der Waals surface area contributed by atoms with Gasteiger partial charge in [-0.1, -0.05) is 0 Å². The zero-order valence-corrected chi connectivity index (χ0v) is 10.8. The maximum atomic E-state index is 11.6. The molecule has 0 saturated carbocycles. The molecule has 0 radical (unpaired) electrons. The van der Waals surface area contributed by atoms with Gasteiger partial charge in [-0.15, -0.1) is 0 Å². The Labute approximate surface area is 107 Å². The van der Waals surface area contributed by atoms with Crippen molar-refractivity contribution in [1.29, 1.82) is 0 Å². The summed E-state index contributed by atoms with van der Waals surface area (Å²) in [6.45, 7) is 6.47. The monoisotopic (exact) mass is 249 g/mol. The Kier molecular flexibility index (Phi) is 3.76. The summed E-state index contributed by atoms with van der Waals surface area (Å²) in [6, 6.07) is 1.81. The second-order valence-corrected chi connectivity index (χ2v) is 4.75. The average molecular weight is 249 g/mol. The van der Waals surface area contributed by atoms with E-state index < -0.39 is 0 Å². The Balaban J connectivity index is 2.19. The SMILES string of the molecule is CC(C)N1CCN(c2ncccn2)[C@H](C(N)=O)C1. The van der Waals surface area contributed by atoms with Crippen molar-refractivity contribution in [2.75, 3.05) is 24.5 Å². The van der Waals surface area contributed by atoms with Gasteiger partial charge in [-0.2, -0.15) is 0 Å². The first-order valence-electron chi connectivity index (χ1n) is 6.16. The normalized spacial score (nSPS) is 21.3. The fourth-order valence-electron chi connectivity index (χ4n) is 2.20. The quantitative estimate of drug-likeness (QED) is 0.807. The molecule has 98 valence electrons. The van der Waals surface area contributed by atoms with E-state index in [1.165, 1.54) is 0 Å². The highest BCUT2D eigenvalue weighted by atomic mass is 16.1. The predicted molar refractivity (Wildman–Crippen MR) is 69.1 cm³/mol. The molecule has 1 aliphatic rings. The number of hydrogen-bond acceptors (Lipinski definition) is 5. The molecule has 1 amide bonds. The third-order valence-corrected chi connectivity index (χ3v) is 3.28. The molecule has 1 fully saturated rings. The van der Waals surface area contributed by atoms with Crippen molar-refractivity contribution in [2.45, 2.75) is 25.9 Å². The van der Waals surface area contributed by atoms with Crippen molar-refractivity contribution in [3.05, 3.63) is 18.5 Å². The van der Waals surface area contributed by atoms with Crippen LogP contribution in [0.1, 0.15) is 13.8 Å². The molecule has 2 heterocycles. The van der Waals surface area contributed by atoms with Gasteiger partial charge < -0.3 is 10.6 Å². The van der Waals surface area contributed by atoms with Crippen LogP contribution in [0.25, 0.3) is 0 Å². The molecule has 6 heteroatoms. The van der Waals surface area contributed by atoms with E-state index in [2.05, 4.69) is 28.7 Å². The molecule has 0 aromatic carbocycles. The van der Waals surface area contributed by atoms with Crippen LogP contribution in [0, 0.1) is 0 Å². The molecule has 1 saturated heterocycles. The third-order valence-electron chi connectivity index (χ3n) is 3.28. The molecule has 1 aliphatic heterocycles. The number of nitrogens with two attached hydrogens (primary N) is 1. The van der Waals surface area contributed by atoms with E-state index in [-0.39, 0.29) is 11.9 Å². The Morgan fingerprint density at radius 2 is 2.06 bits per heavy atom. The number of amides is 1. The van der Waals surface area contributed by atoms with Gasteiger partial charge in [-0.3, -0.25) is 9.69 Å². The average Bonchev–Trinajstić information content (AvgIpc) is 2.39. The van der Waals surface area contributed by atoms with Crippen LogP contribution in [-0.2, 0) is 4.79 Å². The van der Waals surface area contributed by atoms with Gasteiger partial charge in [0.25, 0.3) is 0 Å². The summed E-state index contributed by atoms with van der Waals surface area (Å²) >= 11 is 0. The molecule has 1 atom stereocenters. The van der Waals surface area contributed by atoms with Crippen LogP contribution in [0.5, 0.6) is 0 Å². The number of carbonyl (C=O) groups excluding carboxylic acids is 1. The Bertz CT molecular complexity index is 408. The molecular formula is C12H19N5O. The lowest BCUT2D eigenvalue weighted by Crippen LogP contribution is -2.60. The Morgan fingerprint density at radius 3 is 2.61 bits per heavy atom. The van der Waals surface area contributed by atoms with Gasteiger partial charge in [0.1, 0.15) is 6.04 Å². The van der Waals surface area contributed by atoms with Gasteiger partial charge in [-0.05, 0) is 19.9 Å². The second-order valence-electron chi connectivity index (χ2n) is 4.75. The van der Waals surface area contributed by atoms with Gasteiger partial charge in [-0.25, -0.2) is 9.97 Å². The number of piperazine rings is 1. The van der Waals surface area contributed by atoms with Crippen LogP contribution in [0.2, 0.25) is 0 Å². The van der Waals surface area contributed by atoms with Crippen LogP contribution in [0.3, 0.4) is 0 Å². The topological polar surface area (TPSA) is 75.3 Å². The van der Waals surface area contributed by atoms with Crippen LogP contribution in [-0.4, -0.2) is 52.5 Å². The van der Waals surface area contributed by atoms with Gasteiger partial charge in [0, 0.05) is 38.1 Å². The maximum Gasteiger partial charge on any atom is 0.241 e. The first-order chi connectivity index (χ1) is 8.59. The first-order valence-corrected chi connectivity index (χ1v) is 6.16.